The first-order valence-corrected chi connectivity index (χ1v) is 46.7. The van der Waals surface area contributed by atoms with Crippen molar-refractivity contribution in [3.8, 4) is 67.4 Å². The molecule has 0 atom stereocenters. The lowest BCUT2D eigenvalue weighted by atomic mass is 10.0. The maximum atomic E-state index is 12.5. The van der Waals surface area contributed by atoms with Crippen LogP contribution in [0.3, 0.4) is 0 Å². The highest BCUT2D eigenvalue weighted by Gasteiger charge is 2.22. The Morgan fingerprint density at radius 2 is 0.534 bits per heavy atom. The van der Waals surface area contributed by atoms with Crippen LogP contribution in [0.15, 0.2) is 376 Å². The van der Waals surface area contributed by atoms with E-state index in [1.54, 1.807) is 0 Å². The van der Waals surface area contributed by atoms with Crippen molar-refractivity contribution in [2.45, 2.75) is 87.7 Å². The summed E-state index contributed by atoms with van der Waals surface area (Å²) in [6.45, 7) is 43.1. The number of thioether (sulfide) groups is 5. The van der Waals surface area contributed by atoms with Crippen molar-refractivity contribution in [3.63, 3.8) is 0 Å². The molecule has 0 radical (unpaired) electrons. The molecule has 17 aromatic rings. The zero-order valence-corrected chi connectivity index (χ0v) is 76.5. The molecule has 5 N–H and O–H groups in total. The zero-order valence-electron chi connectivity index (χ0n) is 70.9. The maximum absolute atomic E-state index is 12.5. The summed E-state index contributed by atoms with van der Waals surface area (Å²) in [4.78, 5) is 115. The smallest absolute Gasteiger partial charge is 0.276 e. The van der Waals surface area contributed by atoms with Crippen LogP contribution in [0, 0.1) is 32.9 Å². The minimum Gasteiger partial charge on any atom is -0.311 e. The van der Waals surface area contributed by atoms with Gasteiger partial charge in [0, 0.05) is 33.2 Å². The highest BCUT2D eigenvalue weighted by molar-refractivity contribution is 9.10. The highest BCUT2D eigenvalue weighted by Crippen LogP contribution is 2.38. The Labute approximate surface area is 786 Å². The number of hydrogen-bond donors (Lipinski definition) is 5. The van der Waals surface area contributed by atoms with Crippen molar-refractivity contribution in [1.82, 2.24) is 49.8 Å². The van der Waals surface area contributed by atoms with Crippen molar-refractivity contribution in [2.75, 3.05) is 0 Å². The molecule has 0 saturated heterocycles. The van der Waals surface area contributed by atoms with Crippen LogP contribution in [0.1, 0.15) is 65.6 Å². The topological polar surface area (TPSA) is 251 Å². The number of halogens is 1. The van der Waals surface area contributed by atoms with E-state index in [-0.39, 0.29) is 28.4 Å². The van der Waals surface area contributed by atoms with E-state index in [1.165, 1.54) is 69.9 Å². The van der Waals surface area contributed by atoms with Gasteiger partial charge in [-0.2, -0.15) is 0 Å². The van der Waals surface area contributed by atoms with Crippen LogP contribution in [0.4, 0.5) is 28.4 Å². The molecule has 0 unspecified atom stereocenters. The average molecular weight is 1870 g/mol. The van der Waals surface area contributed by atoms with Gasteiger partial charge < -0.3 is 24.9 Å². The Bertz CT molecular complexity index is 7350. The fourth-order valence-electron chi connectivity index (χ4n) is 13.1. The second-order valence-electron chi connectivity index (χ2n) is 29.1. The van der Waals surface area contributed by atoms with E-state index in [1.807, 2.05) is 322 Å². The average Bonchev–Trinajstić information content (AvgIpc) is 0.768. The monoisotopic (exact) mass is 1870 g/mol. The first-order chi connectivity index (χ1) is 64.0. The Hall–Kier alpha value is -15.0. The summed E-state index contributed by atoms with van der Waals surface area (Å²) in [6.07, 6.45) is 0.941. The number of aromatic nitrogens is 10. The van der Waals surface area contributed by atoms with E-state index in [0.717, 1.165) is 88.4 Å². The van der Waals surface area contributed by atoms with Gasteiger partial charge in [0.05, 0.1) is 61.3 Å². The Kier molecular flexibility index (Phi) is 33.7. The maximum Gasteiger partial charge on any atom is 0.276 e. The number of aromatic amines is 5. The van der Waals surface area contributed by atoms with E-state index in [4.69, 9.17) is 32.9 Å². The zero-order chi connectivity index (χ0) is 91.8. The van der Waals surface area contributed by atoms with Crippen LogP contribution in [-0.2, 0) is 35.2 Å². The second-order valence-corrected chi connectivity index (χ2v) is 34.8. The Morgan fingerprint density at radius 1 is 0.282 bits per heavy atom. The molecule has 131 heavy (non-hydrogen) atoms. The van der Waals surface area contributed by atoms with Crippen LogP contribution in [0.25, 0.3) is 102 Å². The van der Waals surface area contributed by atoms with E-state index in [2.05, 4.69) is 111 Å². The molecular formula is C105H80BrN15O5S5. The van der Waals surface area contributed by atoms with Gasteiger partial charge in [-0.1, -0.05) is 405 Å². The summed E-state index contributed by atoms with van der Waals surface area (Å²) in [5.74, 6) is 3.90. The Morgan fingerprint density at radius 3 is 0.847 bits per heavy atom. The third kappa shape index (κ3) is 25.7. The van der Waals surface area contributed by atoms with Crippen LogP contribution >= 0.6 is 74.7 Å². The minimum atomic E-state index is -0.410. The number of rotatable bonds is 23. The molecule has 0 fully saturated rings. The fourth-order valence-corrected chi connectivity index (χ4v) is 17.5. The minimum absolute atomic E-state index is 0.0152. The van der Waals surface area contributed by atoms with Gasteiger partial charge in [-0.15, -0.1) is 0 Å². The predicted octanol–water partition coefficient (Wildman–Crippen LogP) is 26.7. The summed E-state index contributed by atoms with van der Waals surface area (Å²) in [6, 6.07) is 105. The molecule has 0 aliphatic heterocycles. The lowest BCUT2D eigenvalue weighted by Gasteiger charge is -2.09. The van der Waals surface area contributed by atoms with Gasteiger partial charge in [0.2, 0.25) is 0 Å². The number of fused-ring (bicyclic) bond motifs is 1. The van der Waals surface area contributed by atoms with Gasteiger partial charge in [-0.05, 0) is 113 Å². The molecule has 0 spiro atoms. The molecule has 0 bridgehead atoms. The molecule has 642 valence electrons. The van der Waals surface area contributed by atoms with Crippen molar-refractivity contribution in [1.29, 1.82) is 0 Å². The number of benzene rings is 12. The van der Waals surface area contributed by atoms with E-state index < -0.39 is 27.8 Å². The van der Waals surface area contributed by atoms with Crippen LogP contribution in [-0.4, -0.2) is 49.8 Å². The summed E-state index contributed by atoms with van der Waals surface area (Å²) in [5, 5.41) is 4.60. The van der Waals surface area contributed by atoms with Crippen molar-refractivity contribution < 1.29 is 0 Å². The summed E-state index contributed by atoms with van der Waals surface area (Å²) < 4.78 is 0.930. The van der Waals surface area contributed by atoms with Gasteiger partial charge in [0.1, 0.15) is 0 Å². The lowest BCUT2D eigenvalue weighted by Crippen LogP contribution is -2.09. The van der Waals surface area contributed by atoms with Gasteiger partial charge >= 0.3 is 0 Å². The largest absolute Gasteiger partial charge is 0.311 e. The first-order valence-electron chi connectivity index (χ1n) is 41.0. The van der Waals surface area contributed by atoms with Crippen molar-refractivity contribution in [3.05, 3.63) is 474 Å². The lowest BCUT2D eigenvalue weighted by molar-refractivity contribution is 0.866. The number of aryl methyl sites for hydroxylation is 1. The SMILES string of the molecule is [C-]#[N+]c1c(-c2ccc(-c3ccccc3)cc2)nc(SCc2ccccc2)[nH]c1=O.[C-]#[N+]c1c(-c2ccc(Br)cc2)nc(SCc2ccccc2)[nH]c1=O.[C-]#[N+]c1c(-c2ccc(C(C)C)cc2)nc(SCc2ccccc2)[nH]c1=O.[C-]#[N+]c1c(-c2ccc(CC)cc2)nc(SCc2ccccc2)[nH]c1=O.[C-]#[N+]c1c(-c2cccc3ccccc23)nc(SCc2ccccc2)[nH]c1=O. The summed E-state index contributed by atoms with van der Waals surface area (Å²) >= 11 is 10.6. The standard InChI is InChI=1S/C24H17N3OS.C22H15N3OS.C21H19N3OS.C20H17N3OS.C18H12BrN3OS/c1-25-22-21(20-14-12-19(13-15-20)18-10-6-3-7-11-18)26-24(27-23(22)28)29-16-17-8-4-2-5-9-17;1-23-20-19(18-13-7-11-16-10-5-6-12-17(16)18)24-22(25-21(20)26)27-14-15-8-3-2-4-9-15;1-14(2)16-9-11-17(12-10-16)18-19(22-3)20(25)24-21(23-18)26-13-15-7-5-4-6-8-15;1-3-14-9-11-16(12-10-14)17-18(21-2)19(24)23-20(22-17)25-13-15-7-5-4-6-8-15;1-20-16-15(13-7-9-14(19)10-8-13)21-18(22-17(16)23)24-11-12-5-3-2-4-6-12/h2-15H,16H2,(H,26,27,28);2-13H,14H2,(H,24,25,26);4-12,14H,13H2,1-2H3,(H,23,24,25);4-12H,3,13H2,1H3,(H,22,23,24);2-10H,11H2,(H,21,22,23). The van der Waals surface area contributed by atoms with Crippen molar-refractivity contribution >= 4 is 114 Å². The molecule has 0 amide bonds. The molecular weight excluding hydrogens is 1790 g/mol. The summed E-state index contributed by atoms with van der Waals surface area (Å²) in [7, 11) is 0. The third-order valence-electron chi connectivity index (χ3n) is 19.9. The van der Waals surface area contributed by atoms with Gasteiger partial charge in [0.15, 0.2) is 25.8 Å². The van der Waals surface area contributed by atoms with Crippen molar-refractivity contribution in [2.24, 2.45) is 0 Å². The van der Waals surface area contributed by atoms with Gasteiger partial charge in [-0.3, -0.25) is 24.0 Å². The van der Waals surface area contributed by atoms with Crippen LogP contribution in [0.2, 0.25) is 0 Å². The van der Waals surface area contributed by atoms with E-state index in [9.17, 15) is 24.0 Å². The molecule has 17 rings (SSSR count). The molecule has 26 heteroatoms. The predicted molar refractivity (Wildman–Crippen MR) is 537 cm³/mol. The first kappa shape index (κ1) is 93.6. The second kappa shape index (κ2) is 47.2. The van der Waals surface area contributed by atoms with Gasteiger partial charge in [-0.25, -0.2) is 49.1 Å². The molecule has 0 aliphatic carbocycles. The summed E-state index contributed by atoms with van der Waals surface area (Å²) in [5.41, 5.74) is 14.5. The molecule has 5 aromatic heterocycles. The van der Waals surface area contributed by atoms with Gasteiger partial charge in [0.25, 0.3) is 56.2 Å². The number of hydrogen-bond acceptors (Lipinski definition) is 15. The number of nitrogens with one attached hydrogen (secondary N) is 5. The number of H-pyrrole nitrogens is 5. The van der Waals surface area contributed by atoms with E-state index >= 15 is 0 Å². The normalized spacial score (nSPS) is 10.5. The molecule has 12 aromatic carbocycles. The van der Waals surface area contributed by atoms with Crippen LogP contribution in [0.5, 0.6) is 0 Å². The number of nitrogens with zero attached hydrogens (tertiary/aromatic N) is 10. The fraction of sp³-hybridized carbons (Fsp3) is 0.0952. The van der Waals surface area contributed by atoms with E-state index in [0.29, 0.717) is 88.9 Å². The molecule has 0 saturated carbocycles. The molecule has 5 heterocycles. The Balaban J connectivity index is 0.000000140. The molecule has 0 aliphatic rings. The highest BCUT2D eigenvalue weighted by atomic mass is 79.9. The van der Waals surface area contributed by atoms with Crippen LogP contribution < -0.4 is 27.8 Å². The quantitative estimate of drug-likeness (QED) is 0.0227. The third-order valence-corrected chi connectivity index (χ3v) is 25.2. The molecule has 20 nitrogen and oxygen atoms in total.